The second-order valence-corrected chi connectivity index (χ2v) is 8.96. The maximum absolute atomic E-state index is 14.5. The molecular weight excluding hydrogens is 401 g/mol. The van der Waals surface area contributed by atoms with E-state index in [1.54, 1.807) is 21.9 Å². The summed E-state index contributed by atoms with van der Waals surface area (Å²) >= 11 is 0. The van der Waals surface area contributed by atoms with Gasteiger partial charge in [0.05, 0.1) is 12.2 Å². The second-order valence-electron chi connectivity index (χ2n) is 8.96. The number of hydrogen-bond donors (Lipinski definition) is 0. The predicted octanol–water partition coefficient (Wildman–Crippen LogP) is 2.26. The van der Waals surface area contributed by atoms with Crippen molar-refractivity contribution >= 4 is 17.7 Å². The summed E-state index contributed by atoms with van der Waals surface area (Å²) in [6.45, 7) is 5.52. The normalized spacial score (nSPS) is 28.8. The molecule has 1 aromatic rings. The van der Waals surface area contributed by atoms with E-state index in [-0.39, 0.29) is 24.0 Å². The van der Waals surface area contributed by atoms with Gasteiger partial charge in [0.25, 0.3) is 5.91 Å². The molecular formula is C23H30FN3O4. The average Bonchev–Trinajstić information content (AvgIpc) is 3.11. The molecule has 2 aliphatic heterocycles. The zero-order valence-electron chi connectivity index (χ0n) is 18.2. The summed E-state index contributed by atoms with van der Waals surface area (Å²) in [5.41, 5.74) is -0.914. The highest BCUT2D eigenvalue weighted by atomic mass is 19.1. The molecule has 8 heteroatoms. The van der Waals surface area contributed by atoms with E-state index in [9.17, 15) is 18.8 Å². The van der Waals surface area contributed by atoms with Crippen molar-refractivity contribution in [3.63, 3.8) is 0 Å². The maximum Gasteiger partial charge on any atom is 0.259 e. The first-order valence-electron chi connectivity index (χ1n) is 11.1. The molecule has 1 saturated carbocycles. The van der Waals surface area contributed by atoms with Crippen LogP contribution in [0.5, 0.6) is 0 Å². The Kier molecular flexibility index (Phi) is 6.01. The number of carbonyl (C=O) groups is 3. The molecule has 0 N–H and O–H groups in total. The fourth-order valence-electron chi connectivity index (χ4n) is 5.21. The summed E-state index contributed by atoms with van der Waals surface area (Å²) in [5, 5.41) is 0. The van der Waals surface area contributed by atoms with Crippen LogP contribution in [0, 0.1) is 11.7 Å². The number of piperazine rings is 1. The number of hydrogen-bond acceptors (Lipinski definition) is 4. The highest BCUT2D eigenvalue weighted by Crippen LogP contribution is 2.43. The van der Waals surface area contributed by atoms with E-state index >= 15 is 0 Å². The van der Waals surface area contributed by atoms with Gasteiger partial charge >= 0.3 is 0 Å². The van der Waals surface area contributed by atoms with Crippen LogP contribution in [-0.4, -0.2) is 77.0 Å². The van der Waals surface area contributed by atoms with Crippen molar-refractivity contribution in [3.05, 3.63) is 35.6 Å². The van der Waals surface area contributed by atoms with Crippen LogP contribution >= 0.6 is 0 Å². The van der Waals surface area contributed by atoms with Gasteiger partial charge in [-0.05, 0) is 37.3 Å². The fraction of sp³-hybridized carbons (Fsp3) is 0.609. The zero-order chi connectivity index (χ0) is 22.2. The third kappa shape index (κ3) is 4.05. The second kappa shape index (κ2) is 8.57. The van der Waals surface area contributed by atoms with Crippen molar-refractivity contribution in [1.29, 1.82) is 0 Å². The van der Waals surface area contributed by atoms with Gasteiger partial charge in [-0.1, -0.05) is 25.5 Å². The highest BCUT2D eigenvalue weighted by molar-refractivity contribution is 5.98. The first kappa shape index (κ1) is 21.7. The molecule has 3 aliphatic rings. The van der Waals surface area contributed by atoms with E-state index < -0.39 is 23.5 Å². The number of amides is 3. The van der Waals surface area contributed by atoms with Crippen LogP contribution < -0.4 is 0 Å². The summed E-state index contributed by atoms with van der Waals surface area (Å²) in [5.74, 6) is -0.950. The van der Waals surface area contributed by atoms with Crippen LogP contribution in [0.3, 0.4) is 0 Å². The van der Waals surface area contributed by atoms with Crippen LogP contribution in [-0.2, 0) is 14.3 Å². The van der Waals surface area contributed by atoms with Gasteiger partial charge in [0, 0.05) is 33.1 Å². The lowest BCUT2D eigenvalue weighted by Gasteiger charge is -2.44. The quantitative estimate of drug-likeness (QED) is 0.720. The van der Waals surface area contributed by atoms with Crippen molar-refractivity contribution in [2.75, 3.05) is 32.8 Å². The first-order valence-corrected chi connectivity index (χ1v) is 11.1. The molecule has 3 atom stereocenters. The first-order chi connectivity index (χ1) is 14.8. The van der Waals surface area contributed by atoms with Crippen molar-refractivity contribution < 1.29 is 23.5 Å². The van der Waals surface area contributed by atoms with Crippen LogP contribution in [0.4, 0.5) is 4.39 Å². The standard InChI is InChI=1S/C23H30FN3O4/c1-16-6-5-9-23(14-16)27(21(29)18-7-3-4-8-19(18)24)20(15-31-23)22(30)26-12-10-25(11-13-26)17(2)28/h3-4,7-8,16,20H,5-6,9-15H2,1-2H3/t16-,20-,23+/m0/s1. The Labute approximate surface area is 182 Å². The largest absolute Gasteiger partial charge is 0.353 e. The minimum Gasteiger partial charge on any atom is -0.353 e. The lowest BCUT2D eigenvalue weighted by molar-refractivity contribution is -0.142. The summed E-state index contributed by atoms with van der Waals surface area (Å²) in [7, 11) is 0. The summed E-state index contributed by atoms with van der Waals surface area (Å²) in [4.78, 5) is 43.6. The molecule has 3 amide bonds. The van der Waals surface area contributed by atoms with Gasteiger partial charge in [-0.25, -0.2) is 4.39 Å². The number of nitrogens with zero attached hydrogens (tertiary/aromatic N) is 3. The van der Waals surface area contributed by atoms with E-state index in [4.69, 9.17) is 4.74 Å². The topological polar surface area (TPSA) is 70.2 Å². The number of carbonyl (C=O) groups excluding carboxylic acids is 3. The molecule has 1 aliphatic carbocycles. The smallest absolute Gasteiger partial charge is 0.259 e. The summed E-state index contributed by atoms with van der Waals surface area (Å²) in [6, 6.07) is 5.10. The Balaban J connectivity index is 1.62. The van der Waals surface area contributed by atoms with Gasteiger partial charge < -0.3 is 14.5 Å². The average molecular weight is 432 g/mol. The monoisotopic (exact) mass is 431 g/mol. The molecule has 0 unspecified atom stereocenters. The minimum absolute atomic E-state index is 0.0113. The molecule has 2 saturated heterocycles. The van der Waals surface area contributed by atoms with Gasteiger partial charge in [0.2, 0.25) is 11.8 Å². The van der Waals surface area contributed by atoms with Crippen molar-refractivity contribution in [2.24, 2.45) is 5.92 Å². The van der Waals surface area contributed by atoms with Crippen LogP contribution in [0.2, 0.25) is 0 Å². The molecule has 0 radical (unpaired) electrons. The Morgan fingerprint density at radius 3 is 2.42 bits per heavy atom. The molecule has 2 heterocycles. The predicted molar refractivity (Wildman–Crippen MR) is 112 cm³/mol. The van der Waals surface area contributed by atoms with Gasteiger partial charge in [0.15, 0.2) is 0 Å². The molecule has 7 nitrogen and oxygen atoms in total. The van der Waals surface area contributed by atoms with Crippen molar-refractivity contribution in [3.8, 4) is 0 Å². The third-order valence-corrected chi connectivity index (χ3v) is 6.84. The maximum atomic E-state index is 14.5. The van der Waals surface area contributed by atoms with Crippen LogP contribution in [0.15, 0.2) is 24.3 Å². The highest BCUT2D eigenvalue weighted by Gasteiger charge is 2.55. The summed E-state index contributed by atoms with van der Waals surface area (Å²) in [6.07, 6.45) is 3.20. The Hall–Kier alpha value is -2.48. The molecule has 0 aromatic heterocycles. The Morgan fingerprint density at radius 2 is 1.77 bits per heavy atom. The van der Waals surface area contributed by atoms with E-state index in [1.165, 1.54) is 24.0 Å². The van der Waals surface area contributed by atoms with E-state index in [1.807, 2.05) is 0 Å². The Morgan fingerprint density at radius 1 is 1.10 bits per heavy atom. The Bertz CT molecular complexity index is 870. The molecule has 1 spiro atoms. The van der Waals surface area contributed by atoms with Gasteiger partial charge in [0.1, 0.15) is 17.6 Å². The lowest BCUT2D eigenvalue weighted by Crippen LogP contribution is -2.60. The van der Waals surface area contributed by atoms with Gasteiger partial charge in [-0.15, -0.1) is 0 Å². The summed E-state index contributed by atoms with van der Waals surface area (Å²) < 4.78 is 20.7. The molecule has 0 bridgehead atoms. The lowest BCUT2D eigenvalue weighted by atomic mass is 9.83. The number of rotatable bonds is 2. The van der Waals surface area contributed by atoms with Crippen LogP contribution in [0.25, 0.3) is 0 Å². The molecule has 31 heavy (non-hydrogen) atoms. The van der Waals surface area contributed by atoms with E-state index in [0.29, 0.717) is 44.9 Å². The van der Waals surface area contributed by atoms with Crippen molar-refractivity contribution in [2.45, 2.75) is 51.3 Å². The zero-order valence-corrected chi connectivity index (χ0v) is 18.2. The number of benzene rings is 1. The molecule has 3 fully saturated rings. The van der Waals surface area contributed by atoms with Gasteiger partial charge in [-0.2, -0.15) is 0 Å². The molecule has 168 valence electrons. The molecule has 4 rings (SSSR count). The minimum atomic E-state index is -0.876. The molecule has 1 aromatic carbocycles. The van der Waals surface area contributed by atoms with Crippen LogP contribution in [0.1, 0.15) is 49.9 Å². The SMILES string of the molecule is CC(=O)N1CCN(C(=O)[C@@H]2CO[C@@]3(CCC[C@H](C)C3)N2C(=O)c2ccccc2F)CC1. The van der Waals surface area contributed by atoms with E-state index in [0.717, 1.165) is 12.8 Å². The third-order valence-electron chi connectivity index (χ3n) is 6.84. The van der Waals surface area contributed by atoms with Crippen molar-refractivity contribution in [1.82, 2.24) is 14.7 Å². The number of halogens is 1. The fourth-order valence-corrected chi connectivity index (χ4v) is 5.21. The number of ether oxygens (including phenoxy) is 1. The van der Waals surface area contributed by atoms with Gasteiger partial charge in [-0.3, -0.25) is 19.3 Å². The van der Waals surface area contributed by atoms with E-state index in [2.05, 4.69) is 6.92 Å².